The van der Waals surface area contributed by atoms with Crippen LogP contribution in [0.25, 0.3) is 6.08 Å². The van der Waals surface area contributed by atoms with Gasteiger partial charge in [0.1, 0.15) is 17.1 Å². The molecule has 2 unspecified atom stereocenters. The molecule has 0 bridgehead atoms. The van der Waals surface area contributed by atoms with Gasteiger partial charge in [-0.25, -0.2) is 17.6 Å². The van der Waals surface area contributed by atoms with Crippen molar-refractivity contribution in [3.8, 4) is 5.75 Å². The number of ether oxygens (including phenoxy) is 2. The molecule has 1 N–H and O–H groups in total. The normalized spacial score (nSPS) is 19.1. The standard InChI is InChI=1S/C25H28FNO5S/c1-15(2)6-4-5-7-16-12-18(26)8-11-22(16)33(29,30)27-21-10-9-19-20-13-17(20)14-32-24(19)23(21)25(28)31-3/h5,7-12,15,17,20,27H,4,6,13-14H2,1-3H3/b7-5-. The second-order valence-electron chi connectivity index (χ2n) is 8.97. The van der Waals surface area contributed by atoms with E-state index in [0.717, 1.165) is 30.9 Å². The van der Waals surface area contributed by atoms with E-state index in [1.807, 2.05) is 6.08 Å². The van der Waals surface area contributed by atoms with Gasteiger partial charge in [0, 0.05) is 5.92 Å². The van der Waals surface area contributed by atoms with Crippen LogP contribution in [0.2, 0.25) is 0 Å². The van der Waals surface area contributed by atoms with Crippen molar-refractivity contribution in [2.75, 3.05) is 18.4 Å². The summed E-state index contributed by atoms with van der Waals surface area (Å²) in [4.78, 5) is 12.5. The molecule has 2 aromatic carbocycles. The Hall–Kier alpha value is -2.87. The number of anilines is 1. The Labute approximate surface area is 193 Å². The largest absolute Gasteiger partial charge is 0.492 e. The van der Waals surface area contributed by atoms with E-state index in [1.165, 1.54) is 19.2 Å². The molecule has 0 spiro atoms. The highest BCUT2D eigenvalue weighted by molar-refractivity contribution is 7.92. The van der Waals surface area contributed by atoms with Crippen LogP contribution in [0.5, 0.6) is 5.75 Å². The van der Waals surface area contributed by atoms with E-state index < -0.39 is 21.8 Å². The number of esters is 1. The number of hydrogen-bond acceptors (Lipinski definition) is 5. The zero-order valence-corrected chi connectivity index (χ0v) is 19.7. The number of rotatable bonds is 8. The number of carbonyl (C=O) groups excluding carboxylic acids is 1. The first-order chi connectivity index (χ1) is 15.7. The lowest BCUT2D eigenvalue weighted by Gasteiger charge is -2.22. The molecule has 0 saturated heterocycles. The van der Waals surface area contributed by atoms with Gasteiger partial charge >= 0.3 is 5.97 Å². The van der Waals surface area contributed by atoms with Crippen molar-refractivity contribution in [2.45, 2.75) is 43.9 Å². The number of nitrogens with one attached hydrogen (secondary N) is 1. The Balaban J connectivity index is 1.69. The molecular weight excluding hydrogens is 445 g/mol. The van der Waals surface area contributed by atoms with Crippen molar-refractivity contribution < 1.29 is 27.1 Å². The molecule has 1 aliphatic heterocycles. The van der Waals surface area contributed by atoms with Gasteiger partial charge in [-0.3, -0.25) is 4.72 Å². The number of carbonyl (C=O) groups is 1. The van der Waals surface area contributed by atoms with Crippen LogP contribution in [-0.4, -0.2) is 28.1 Å². The number of sulfonamides is 1. The Morgan fingerprint density at radius 3 is 2.82 bits per heavy atom. The molecule has 1 saturated carbocycles. The van der Waals surface area contributed by atoms with Crippen molar-refractivity contribution in [3.05, 3.63) is 58.9 Å². The first-order valence-electron chi connectivity index (χ1n) is 11.1. The second kappa shape index (κ2) is 9.17. The molecule has 1 aliphatic carbocycles. The fraction of sp³-hybridized carbons (Fsp3) is 0.400. The van der Waals surface area contributed by atoms with Gasteiger partial charge in [-0.15, -0.1) is 0 Å². The third kappa shape index (κ3) is 4.90. The third-order valence-electron chi connectivity index (χ3n) is 6.06. The van der Waals surface area contributed by atoms with Crippen LogP contribution in [0, 0.1) is 17.7 Å². The van der Waals surface area contributed by atoms with E-state index in [-0.39, 0.29) is 21.7 Å². The predicted octanol–water partition coefficient (Wildman–Crippen LogP) is 5.36. The van der Waals surface area contributed by atoms with E-state index >= 15 is 0 Å². The molecule has 2 aliphatic rings. The van der Waals surface area contributed by atoms with Gasteiger partial charge in [0.15, 0.2) is 0 Å². The summed E-state index contributed by atoms with van der Waals surface area (Å²) in [6.45, 7) is 4.68. The molecule has 2 aromatic rings. The van der Waals surface area contributed by atoms with E-state index in [0.29, 0.717) is 30.1 Å². The van der Waals surface area contributed by atoms with Crippen LogP contribution in [0.4, 0.5) is 10.1 Å². The molecule has 33 heavy (non-hydrogen) atoms. The Morgan fingerprint density at radius 2 is 2.09 bits per heavy atom. The average Bonchev–Trinajstić information content (AvgIpc) is 3.55. The van der Waals surface area contributed by atoms with Gasteiger partial charge in [0.2, 0.25) is 0 Å². The SMILES string of the molecule is COC(=O)c1c(NS(=O)(=O)c2ccc(F)cc2/C=C\CCC(C)C)ccc2c1OCC1CC21. The fourth-order valence-electron chi connectivity index (χ4n) is 4.17. The summed E-state index contributed by atoms with van der Waals surface area (Å²) in [7, 11) is -2.90. The van der Waals surface area contributed by atoms with E-state index in [2.05, 4.69) is 18.6 Å². The predicted molar refractivity (Wildman–Crippen MR) is 124 cm³/mol. The smallest absolute Gasteiger partial charge is 0.343 e. The molecule has 0 radical (unpaired) electrons. The summed E-state index contributed by atoms with van der Waals surface area (Å²) in [6.07, 6.45) is 6.13. The van der Waals surface area contributed by atoms with Crippen molar-refractivity contribution in [1.29, 1.82) is 0 Å². The van der Waals surface area contributed by atoms with Crippen LogP contribution in [0.1, 0.15) is 60.5 Å². The first kappa shape index (κ1) is 23.3. The first-order valence-corrected chi connectivity index (χ1v) is 12.6. The summed E-state index contributed by atoms with van der Waals surface area (Å²) >= 11 is 0. The van der Waals surface area contributed by atoms with Gasteiger partial charge in [0.05, 0.1) is 24.3 Å². The minimum Gasteiger partial charge on any atom is -0.492 e. The van der Waals surface area contributed by atoms with E-state index in [9.17, 15) is 17.6 Å². The lowest BCUT2D eigenvalue weighted by molar-refractivity contribution is 0.0596. The summed E-state index contributed by atoms with van der Waals surface area (Å²) in [5.74, 6) is 0.414. The van der Waals surface area contributed by atoms with Gasteiger partial charge in [-0.05, 0) is 66.5 Å². The molecule has 2 atom stereocenters. The maximum atomic E-state index is 13.9. The fourth-order valence-corrected chi connectivity index (χ4v) is 5.43. The maximum Gasteiger partial charge on any atom is 0.343 e. The minimum atomic E-state index is -4.14. The van der Waals surface area contributed by atoms with Gasteiger partial charge in [-0.1, -0.05) is 32.1 Å². The van der Waals surface area contributed by atoms with Crippen LogP contribution >= 0.6 is 0 Å². The maximum absolute atomic E-state index is 13.9. The Bertz CT molecular complexity index is 1210. The molecular formula is C25H28FNO5S. The van der Waals surface area contributed by atoms with Crippen molar-refractivity contribution in [2.24, 2.45) is 11.8 Å². The number of halogens is 1. The summed E-state index contributed by atoms with van der Waals surface area (Å²) < 4.78 is 53.8. The van der Waals surface area contributed by atoms with Crippen LogP contribution in [-0.2, 0) is 14.8 Å². The van der Waals surface area contributed by atoms with Crippen LogP contribution in [0.15, 0.2) is 41.3 Å². The van der Waals surface area contributed by atoms with Crippen molar-refractivity contribution in [1.82, 2.24) is 0 Å². The molecule has 4 rings (SSSR count). The topological polar surface area (TPSA) is 81.7 Å². The van der Waals surface area contributed by atoms with Crippen LogP contribution in [0.3, 0.4) is 0 Å². The Morgan fingerprint density at radius 1 is 1.30 bits per heavy atom. The van der Waals surface area contributed by atoms with E-state index in [4.69, 9.17) is 9.47 Å². The highest BCUT2D eigenvalue weighted by Gasteiger charge is 2.45. The monoisotopic (exact) mass is 473 g/mol. The van der Waals surface area contributed by atoms with Gasteiger partial charge in [0.25, 0.3) is 10.0 Å². The lowest BCUT2D eigenvalue weighted by Crippen LogP contribution is -2.20. The number of fused-ring (bicyclic) bond motifs is 3. The lowest BCUT2D eigenvalue weighted by atomic mass is 10.0. The summed E-state index contributed by atoms with van der Waals surface area (Å²) in [5, 5.41) is 0. The highest BCUT2D eigenvalue weighted by atomic mass is 32.2. The van der Waals surface area contributed by atoms with Gasteiger partial charge in [-0.2, -0.15) is 0 Å². The third-order valence-corrected chi connectivity index (χ3v) is 7.49. The molecule has 0 amide bonds. The zero-order valence-electron chi connectivity index (χ0n) is 18.9. The number of allylic oxidation sites excluding steroid dienone is 1. The second-order valence-corrected chi connectivity index (χ2v) is 10.6. The van der Waals surface area contributed by atoms with E-state index in [1.54, 1.807) is 18.2 Å². The summed E-state index contributed by atoms with van der Waals surface area (Å²) in [6, 6.07) is 6.87. The molecule has 1 heterocycles. The highest BCUT2D eigenvalue weighted by Crippen LogP contribution is 2.55. The number of benzene rings is 2. The number of hydrogen-bond donors (Lipinski definition) is 1. The van der Waals surface area contributed by atoms with Crippen molar-refractivity contribution in [3.63, 3.8) is 0 Å². The average molecular weight is 474 g/mol. The molecule has 176 valence electrons. The van der Waals surface area contributed by atoms with Gasteiger partial charge < -0.3 is 9.47 Å². The number of methoxy groups -OCH3 is 1. The minimum absolute atomic E-state index is 0.0556. The zero-order chi connectivity index (χ0) is 23.8. The molecule has 1 fully saturated rings. The summed E-state index contributed by atoms with van der Waals surface area (Å²) in [5.41, 5.74) is 1.25. The Kier molecular flexibility index (Phi) is 6.47. The quantitative estimate of drug-likeness (QED) is 0.522. The molecule has 0 aromatic heterocycles. The van der Waals surface area contributed by atoms with Crippen LogP contribution < -0.4 is 9.46 Å². The van der Waals surface area contributed by atoms with Crippen molar-refractivity contribution >= 4 is 27.8 Å². The molecule has 6 nitrogen and oxygen atoms in total. The molecule has 8 heteroatoms.